The lowest BCUT2D eigenvalue weighted by molar-refractivity contribution is 0.0324. The second-order valence-corrected chi connectivity index (χ2v) is 5.26. The molecule has 0 amide bonds. The second-order valence-electron chi connectivity index (χ2n) is 4.86. The normalized spacial score (nSPS) is 16.8. The van der Waals surface area contributed by atoms with Crippen LogP contribution in [0.5, 0.6) is 0 Å². The third-order valence-corrected chi connectivity index (χ3v) is 3.38. The molecule has 1 fully saturated rings. The van der Waals surface area contributed by atoms with Gasteiger partial charge in [0.15, 0.2) is 0 Å². The first-order valence-electron chi connectivity index (χ1n) is 6.45. The van der Waals surface area contributed by atoms with Gasteiger partial charge in [-0.3, -0.25) is 0 Å². The van der Waals surface area contributed by atoms with Crippen LogP contribution in [0.3, 0.4) is 0 Å². The zero-order chi connectivity index (χ0) is 12.8. The van der Waals surface area contributed by atoms with Crippen molar-refractivity contribution < 1.29 is 9.84 Å². The maximum absolute atomic E-state index is 9.71. The van der Waals surface area contributed by atoms with Crippen LogP contribution in [0.25, 0.3) is 0 Å². The highest BCUT2D eigenvalue weighted by Crippen LogP contribution is 2.28. The number of nitrogens with one attached hydrogen (secondary N) is 1. The summed E-state index contributed by atoms with van der Waals surface area (Å²) >= 11 is 6.04. The molecule has 100 valence electrons. The van der Waals surface area contributed by atoms with Crippen molar-refractivity contribution in [2.24, 2.45) is 5.92 Å². The van der Waals surface area contributed by atoms with Crippen molar-refractivity contribution in [3.63, 3.8) is 0 Å². The Balaban J connectivity index is 1.57. The Kier molecular flexibility index (Phi) is 5.45. The van der Waals surface area contributed by atoms with Gasteiger partial charge in [0.1, 0.15) is 0 Å². The third kappa shape index (κ3) is 4.94. The summed E-state index contributed by atoms with van der Waals surface area (Å²) < 4.78 is 5.43. The molecule has 1 aromatic rings. The van der Waals surface area contributed by atoms with Crippen molar-refractivity contribution in [1.82, 2.24) is 5.32 Å². The van der Waals surface area contributed by atoms with Gasteiger partial charge in [0.05, 0.1) is 12.7 Å². The molecule has 18 heavy (non-hydrogen) atoms. The quantitative estimate of drug-likeness (QED) is 0.760. The van der Waals surface area contributed by atoms with Crippen molar-refractivity contribution in [2.75, 3.05) is 19.8 Å². The van der Waals surface area contributed by atoms with Crippen LogP contribution < -0.4 is 5.32 Å². The molecule has 0 aromatic heterocycles. The fraction of sp³-hybridized carbons (Fsp3) is 0.571. The van der Waals surface area contributed by atoms with Crippen molar-refractivity contribution >= 4 is 11.6 Å². The summed E-state index contributed by atoms with van der Waals surface area (Å²) in [5.74, 6) is 0.744. The van der Waals surface area contributed by atoms with E-state index in [1.807, 2.05) is 24.3 Å². The van der Waals surface area contributed by atoms with E-state index >= 15 is 0 Å². The Hall–Kier alpha value is -0.610. The van der Waals surface area contributed by atoms with Crippen LogP contribution in [0, 0.1) is 5.92 Å². The molecule has 0 heterocycles. The van der Waals surface area contributed by atoms with Crippen LogP contribution in [0.4, 0.5) is 0 Å². The molecule has 2 N–H and O–H groups in total. The molecule has 0 saturated heterocycles. The van der Waals surface area contributed by atoms with Crippen LogP contribution in [0.2, 0.25) is 5.02 Å². The molecule has 1 saturated carbocycles. The molecule has 1 atom stereocenters. The van der Waals surface area contributed by atoms with Crippen molar-refractivity contribution in [3.8, 4) is 0 Å². The van der Waals surface area contributed by atoms with Crippen LogP contribution in [-0.4, -0.2) is 31.0 Å². The van der Waals surface area contributed by atoms with E-state index in [4.69, 9.17) is 16.3 Å². The van der Waals surface area contributed by atoms with E-state index < -0.39 is 6.10 Å². The Morgan fingerprint density at radius 1 is 1.39 bits per heavy atom. The van der Waals surface area contributed by atoms with Gasteiger partial charge in [-0.15, -0.1) is 0 Å². The first kappa shape index (κ1) is 13.8. The first-order chi connectivity index (χ1) is 8.75. The predicted octanol–water partition coefficient (Wildman–Crippen LogP) is 2.22. The minimum atomic E-state index is -0.453. The number of benzene rings is 1. The van der Waals surface area contributed by atoms with Gasteiger partial charge >= 0.3 is 0 Å². The average molecular weight is 270 g/mol. The number of ether oxygens (including phenoxy) is 1. The lowest BCUT2D eigenvalue weighted by Gasteiger charge is -2.12. The highest BCUT2D eigenvalue weighted by atomic mass is 35.5. The molecule has 2 rings (SSSR count). The van der Waals surface area contributed by atoms with Crippen LogP contribution >= 0.6 is 11.6 Å². The molecule has 0 aliphatic heterocycles. The summed E-state index contributed by atoms with van der Waals surface area (Å²) in [6.45, 7) is 2.39. The lowest BCUT2D eigenvalue weighted by atomic mass is 10.2. The minimum absolute atomic E-state index is 0.409. The predicted molar refractivity (Wildman–Crippen MR) is 72.7 cm³/mol. The Morgan fingerprint density at radius 2 is 2.17 bits per heavy atom. The fourth-order valence-corrected chi connectivity index (χ4v) is 1.93. The molecular weight excluding hydrogens is 250 g/mol. The van der Waals surface area contributed by atoms with Crippen molar-refractivity contribution in [3.05, 3.63) is 34.9 Å². The van der Waals surface area contributed by atoms with E-state index in [9.17, 15) is 5.11 Å². The molecule has 1 aliphatic rings. The van der Waals surface area contributed by atoms with E-state index in [1.54, 1.807) is 0 Å². The topological polar surface area (TPSA) is 41.5 Å². The number of halogens is 1. The number of hydrogen-bond acceptors (Lipinski definition) is 3. The van der Waals surface area contributed by atoms with Gasteiger partial charge in [-0.1, -0.05) is 29.8 Å². The zero-order valence-corrected chi connectivity index (χ0v) is 11.2. The molecule has 0 radical (unpaired) electrons. The van der Waals surface area contributed by atoms with E-state index in [2.05, 4.69) is 5.32 Å². The number of hydrogen-bond donors (Lipinski definition) is 2. The Labute approximate surface area is 113 Å². The Bertz CT molecular complexity index is 369. The largest absolute Gasteiger partial charge is 0.389 e. The summed E-state index contributed by atoms with van der Waals surface area (Å²) in [5, 5.41) is 13.6. The highest BCUT2D eigenvalue weighted by molar-refractivity contribution is 6.31. The van der Waals surface area contributed by atoms with Crippen LogP contribution in [-0.2, 0) is 11.3 Å². The fourth-order valence-electron chi connectivity index (χ4n) is 1.73. The molecule has 1 unspecified atom stereocenters. The minimum Gasteiger partial charge on any atom is -0.389 e. The van der Waals surface area contributed by atoms with Crippen LogP contribution in [0.1, 0.15) is 18.4 Å². The highest BCUT2D eigenvalue weighted by Gasteiger charge is 2.21. The number of rotatable bonds is 8. The molecule has 1 aromatic carbocycles. The van der Waals surface area contributed by atoms with Gasteiger partial charge in [0.25, 0.3) is 0 Å². The van der Waals surface area contributed by atoms with E-state index in [0.717, 1.165) is 23.1 Å². The SMILES string of the molecule is OC(CNCc1ccccc1Cl)COCC1CC1. The second kappa shape index (κ2) is 7.10. The van der Waals surface area contributed by atoms with Crippen molar-refractivity contribution in [1.29, 1.82) is 0 Å². The molecule has 0 spiro atoms. The number of aliphatic hydroxyl groups is 1. The third-order valence-electron chi connectivity index (χ3n) is 3.01. The lowest BCUT2D eigenvalue weighted by Crippen LogP contribution is -2.30. The van der Waals surface area contributed by atoms with Gasteiger partial charge in [-0.2, -0.15) is 0 Å². The summed E-state index contributed by atoms with van der Waals surface area (Å²) in [6, 6.07) is 7.71. The molecule has 3 nitrogen and oxygen atoms in total. The van der Waals surface area contributed by atoms with Gasteiger partial charge in [0, 0.05) is 24.7 Å². The maximum Gasteiger partial charge on any atom is 0.0897 e. The van der Waals surface area contributed by atoms with Gasteiger partial charge in [-0.25, -0.2) is 0 Å². The van der Waals surface area contributed by atoms with Gasteiger partial charge < -0.3 is 15.2 Å². The first-order valence-corrected chi connectivity index (χ1v) is 6.83. The molecule has 0 bridgehead atoms. The van der Waals surface area contributed by atoms with E-state index in [-0.39, 0.29) is 0 Å². The zero-order valence-electron chi connectivity index (χ0n) is 10.4. The molecule has 1 aliphatic carbocycles. The summed E-state index contributed by atoms with van der Waals surface area (Å²) in [7, 11) is 0. The summed E-state index contributed by atoms with van der Waals surface area (Å²) in [4.78, 5) is 0. The molecule has 4 heteroatoms. The summed E-state index contributed by atoms with van der Waals surface area (Å²) in [6.07, 6.45) is 2.10. The standard InChI is InChI=1S/C14H20ClNO2/c15-14-4-2-1-3-12(14)7-16-8-13(17)10-18-9-11-5-6-11/h1-4,11,13,16-17H,5-10H2. The molecular formula is C14H20ClNO2. The van der Waals surface area contributed by atoms with E-state index in [0.29, 0.717) is 19.7 Å². The van der Waals surface area contributed by atoms with Crippen LogP contribution in [0.15, 0.2) is 24.3 Å². The van der Waals surface area contributed by atoms with Crippen molar-refractivity contribution in [2.45, 2.75) is 25.5 Å². The monoisotopic (exact) mass is 269 g/mol. The smallest absolute Gasteiger partial charge is 0.0897 e. The maximum atomic E-state index is 9.71. The van der Waals surface area contributed by atoms with E-state index in [1.165, 1.54) is 12.8 Å². The summed E-state index contributed by atoms with van der Waals surface area (Å²) in [5.41, 5.74) is 1.05. The number of aliphatic hydroxyl groups excluding tert-OH is 1. The van der Waals surface area contributed by atoms with Gasteiger partial charge in [0.2, 0.25) is 0 Å². The van der Waals surface area contributed by atoms with Gasteiger partial charge in [-0.05, 0) is 30.4 Å². The Morgan fingerprint density at radius 3 is 2.89 bits per heavy atom. The average Bonchev–Trinajstić information content (AvgIpc) is 3.16.